The van der Waals surface area contributed by atoms with E-state index in [4.69, 9.17) is 5.73 Å². The van der Waals surface area contributed by atoms with Gasteiger partial charge in [-0.1, -0.05) is 18.2 Å². The maximum Gasteiger partial charge on any atom is 0.0895 e. The van der Waals surface area contributed by atoms with E-state index in [1.54, 1.807) is 0 Å². The molecule has 2 N–H and O–H groups in total. The normalized spacial score (nSPS) is 17.4. The molecule has 0 fully saturated rings. The van der Waals surface area contributed by atoms with E-state index in [2.05, 4.69) is 22.0 Å². The number of hydrogen-bond donors (Lipinski definition) is 1. The van der Waals surface area contributed by atoms with Crippen LogP contribution in [0, 0.1) is 0 Å². The number of nitrogens with two attached hydrogens (primary N) is 1. The van der Waals surface area contributed by atoms with E-state index in [-0.39, 0.29) is 6.04 Å². The first-order chi connectivity index (χ1) is 6.79. The number of anilines is 1. The predicted octanol–water partition coefficient (Wildman–Crippen LogP) is 1.55. The van der Waals surface area contributed by atoms with E-state index in [1.807, 2.05) is 25.4 Å². The SMILES string of the molecule is CC(N)c1ccccc1N1C=NCC1. The van der Waals surface area contributed by atoms with Crippen molar-refractivity contribution < 1.29 is 0 Å². The molecule has 2 rings (SSSR count). The molecular formula is C11H15N3. The maximum atomic E-state index is 5.91. The van der Waals surface area contributed by atoms with Gasteiger partial charge in [0.25, 0.3) is 0 Å². The summed E-state index contributed by atoms with van der Waals surface area (Å²) < 4.78 is 0. The number of benzene rings is 1. The van der Waals surface area contributed by atoms with Crippen molar-refractivity contribution >= 4 is 12.0 Å². The van der Waals surface area contributed by atoms with Crippen molar-refractivity contribution in [3.63, 3.8) is 0 Å². The highest BCUT2D eigenvalue weighted by Gasteiger charge is 2.13. The van der Waals surface area contributed by atoms with Gasteiger partial charge in [-0.2, -0.15) is 0 Å². The first kappa shape index (κ1) is 9.21. The molecule has 1 unspecified atom stereocenters. The molecule has 1 heterocycles. The zero-order chi connectivity index (χ0) is 9.97. The fourth-order valence-corrected chi connectivity index (χ4v) is 1.70. The zero-order valence-corrected chi connectivity index (χ0v) is 8.35. The molecule has 14 heavy (non-hydrogen) atoms. The van der Waals surface area contributed by atoms with E-state index in [9.17, 15) is 0 Å². The summed E-state index contributed by atoms with van der Waals surface area (Å²) in [6.07, 6.45) is 1.89. The minimum absolute atomic E-state index is 0.0696. The van der Waals surface area contributed by atoms with Gasteiger partial charge in [-0.3, -0.25) is 4.99 Å². The highest BCUT2D eigenvalue weighted by molar-refractivity contribution is 5.82. The van der Waals surface area contributed by atoms with E-state index in [0.29, 0.717) is 0 Å². The summed E-state index contributed by atoms with van der Waals surface area (Å²) in [5.41, 5.74) is 8.28. The van der Waals surface area contributed by atoms with Crippen molar-refractivity contribution in [2.24, 2.45) is 10.7 Å². The van der Waals surface area contributed by atoms with Gasteiger partial charge in [0.1, 0.15) is 0 Å². The van der Waals surface area contributed by atoms with Crippen LogP contribution in [0.4, 0.5) is 5.69 Å². The smallest absolute Gasteiger partial charge is 0.0895 e. The fraction of sp³-hybridized carbons (Fsp3) is 0.364. The Morgan fingerprint density at radius 1 is 1.43 bits per heavy atom. The molecule has 0 radical (unpaired) electrons. The molecule has 0 amide bonds. The van der Waals surface area contributed by atoms with Crippen LogP contribution in [0.1, 0.15) is 18.5 Å². The molecule has 0 saturated carbocycles. The maximum absolute atomic E-state index is 5.91. The number of para-hydroxylation sites is 1. The Labute approximate surface area is 84.2 Å². The minimum atomic E-state index is 0.0696. The minimum Gasteiger partial charge on any atom is -0.331 e. The van der Waals surface area contributed by atoms with Crippen LogP contribution in [-0.4, -0.2) is 19.4 Å². The molecule has 74 valence electrons. The summed E-state index contributed by atoms with van der Waals surface area (Å²) >= 11 is 0. The molecule has 0 aromatic heterocycles. The van der Waals surface area contributed by atoms with E-state index < -0.39 is 0 Å². The number of aliphatic imine (C=N–C) groups is 1. The van der Waals surface area contributed by atoms with Gasteiger partial charge in [0.05, 0.1) is 12.9 Å². The Kier molecular flexibility index (Phi) is 2.50. The lowest BCUT2D eigenvalue weighted by Crippen LogP contribution is -2.21. The van der Waals surface area contributed by atoms with Crippen LogP contribution in [0.15, 0.2) is 29.3 Å². The second-order valence-corrected chi connectivity index (χ2v) is 3.56. The second-order valence-electron chi connectivity index (χ2n) is 3.56. The fourth-order valence-electron chi connectivity index (χ4n) is 1.70. The average molecular weight is 189 g/mol. The topological polar surface area (TPSA) is 41.6 Å². The van der Waals surface area contributed by atoms with Crippen molar-refractivity contribution in [2.45, 2.75) is 13.0 Å². The highest BCUT2D eigenvalue weighted by atomic mass is 15.2. The van der Waals surface area contributed by atoms with E-state index >= 15 is 0 Å². The van der Waals surface area contributed by atoms with Gasteiger partial charge < -0.3 is 10.6 Å². The van der Waals surface area contributed by atoms with Crippen molar-refractivity contribution in [3.05, 3.63) is 29.8 Å². The van der Waals surface area contributed by atoms with Gasteiger partial charge in [0, 0.05) is 18.3 Å². The van der Waals surface area contributed by atoms with Gasteiger partial charge in [-0.15, -0.1) is 0 Å². The standard InChI is InChI=1S/C11H15N3/c1-9(12)10-4-2-3-5-11(10)14-7-6-13-8-14/h2-5,8-9H,6-7,12H2,1H3. The van der Waals surface area contributed by atoms with Crippen LogP contribution in [-0.2, 0) is 0 Å². The zero-order valence-electron chi connectivity index (χ0n) is 8.35. The summed E-state index contributed by atoms with van der Waals surface area (Å²) in [4.78, 5) is 6.35. The molecule has 0 bridgehead atoms. The van der Waals surface area contributed by atoms with Crippen LogP contribution in [0.25, 0.3) is 0 Å². The first-order valence-electron chi connectivity index (χ1n) is 4.90. The molecule has 3 nitrogen and oxygen atoms in total. The highest BCUT2D eigenvalue weighted by Crippen LogP contribution is 2.24. The van der Waals surface area contributed by atoms with Crippen molar-refractivity contribution in [1.29, 1.82) is 0 Å². The molecule has 1 aliphatic heterocycles. The van der Waals surface area contributed by atoms with Crippen LogP contribution < -0.4 is 10.6 Å². The third-order valence-electron chi connectivity index (χ3n) is 2.43. The van der Waals surface area contributed by atoms with E-state index in [1.165, 1.54) is 11.3 Å². The quantitative estimate of drug-likeness (QED) is 0.767. The summed E-state index contributed by atoms with van der Waals surface area (Å²) in [5, 5.41) is 0. The molecule has 3 heteroatoms. The predicted molar refractivity (Wildman–Crippen MR) is 59.7 cm³/mol. The Balaban J connectivity index is 2.35. The Morgan fingerprint density at radius 2 is 2.21 bits per heavy atom. The van der Waals surface area contributed by atoms with Crippen molar-refractivity contribution in [3.8, 4) is 0 Å². The molecule has 0 aliphatic carbocycles. The first-order valence-corrected chi connectivity index (χ1v) is 4.90. The van der Waals surface area contributed by atoms with Crippen molar-refractivity contribution in [1.82, 2.24) is 0 Å². The van der Waals surface area contributed by atoms with Gasteiger partial charge in [0.15, 0.2) is 0 Å². The lowest BCUT2D eigenvalue weighted by Gasteiger charge is -2.20. The lowest BCUT2D eigenvalue weighted by atomic mass is 10.1. The molecule has 1 aromatic rings. The van der Waals surface area contributed by atoms with Gasteiger partial charge in [-0.05, 0) is 18.6 Å². The van der Waals surface area contributed by atoms with Crippen LogP contribution in [0.3, 0.4) is 0 Å². The van der Waals surface area contributed by atoms with E-state index in [0.717, 1.165) is 13.1 Å². The molecular weight excluding hydrogens is 174 g/mol. The molecule has 0 saturated heterocycles. The molecule has 1 atom stereocenters. The van der Waals surface area contributed by atoms with Crippen LogP contribution in [0.5, 0.6) is 0 Å². The number of rotatable bonds is 2. The van der Waals surface area contributed by atoms with Crippen LogP contribution in [0.2, 0.25) is 0 Å². The third kappa shape index (κ3) is 1.63. The molecule has 1 aliphatic rings. The molecule has 0 spiro atoms. The summed E-state index contributed by atoms with van der Waals surface area (Å²) in [6, 6.07) is 8.30. The summed E-state index contributed by atoms with van der Waals surface area (Å²) in [5.74, 6) is 0. The van der Waals surface area contributed by atoms with Gasteiger partial charge >= 0.3 is 0 Å². The average Bonchev–Trinajstić information content (AvgIpc) is 2.70. The second kappa shape index (κ2) is 3.80. The molecule has 1 aromatic carbocycles. The monoisotopic (exact) mass is 189 g/mol. The summed E-state index contributed by atoms with van der Waals surface area (Å²) in [6.45, 7) is 3.85. The van der Waals surface area contributed by atoms with Crippen molar-refractivity contribution in [2.75, 3.05) is 18.0 Å². The largest absolute Gasteiger partial charge is 0.331 e. The number of nitrogens with zero attached hydrogens (tertiary/aromatic N) is 2. The van der Waals surface area contributed by atoms with Crippen LogP contribution >= 0.6 is 0 Å². The Morgan fingerprint density at radius 3 is 2.86 bits per heavy atom. The summed E-state index contributed by atoms with van der Waals surface area (Å²) in [7, 11) is 0. The Hall–Kier alpha value is -1.35. The Bertz CT molecular complexity index is 344. The van der Waals surface area contributed by atoms with Gasteiger partial charge in [0.2, 0.25) is 0 Å². The third-order valence-corrected chi connectivity index (χ3v) is 2.43. The van der Waals surface area contributed by atoms with Gasteiger partial charge in [-0.25, -0.2) is 0 Å². The number of hydrogen-bond acceptors (Lipinski definition) is 3. The lowest BCUT2D eigenvalue weighted by molar-refractivity contribution is 0.814.